The molecule has 0 bridgehead atoms. The number of halogens is 3. The Morgan fingerprint density at radius 2 is 1.84 bits per heavy atom. The largest absolute Gasteiger partial charge is 0.465 e. The van der Waals surface area contributed by atoms with Gasteiger partial charge in [0, 0.05) is 43.2 Å². The summed E-state index contributed by atoms with van der Waals surface area (Å²) in [4.78, 5) is 40.3. The van der Waals surface area contributed by atoms with Crippen molar-refractivity contribution in [3.63, 3.8) is 0 Å². The van der Waals surface area contributed by atoms with Crippen molar-refractivity contribution < 1.29 is 32.7 Å². The van der Waals surface area contributed by atoms with Gasteiger partial charge in [0.25, 0.3) is 5.91 Å². The number of benzene rings is 2. The standard InChI is InChI=1S/C32H32F3N5O4/c1-29(7-4-8-29)40(28(43)44)14-19-9-23-24(25(10-19)32(33,34)35)15-39(26(23)42)21-6-3-5-20(11-21)31(27-37-36-18-38(27)2)16-30(17-31)12-22(41)13-30/h3,5-6,9-11,18H,4,7-8,12-17H2,1-2H3,(H,43,44). The van der Waals surface area contributed by atoms with Gasteiger partial charge in [-0.1, -0.05) is 12.1 Å². The van der Waals surface area contributed by atoms with Crippen LogP contribution in [-0.4, -0.2) is 48.1 Å². The third-order valence-corrected chi connectivity index (χ3v) is 10.4. The molecule has 1 spiro atoms. The smallest absolute Gasteiger partial charge is 0.416 e. The van der Waals surface area contributed by atoms with Crippen LogP contribution < -0.4 is 4.90 Å². The zero-order valence-electron chi connectivity index (χ0n) is 24.4. The molecule has 0 unspecified atom stereocenters. The van der Waals surface area contributed by atoms with E-state index < -0.39 is 34.7 Å². The van der Waals surface area contributed by atoms with Crippen LogP contribution in [0.2, 0.25) is 0 Å². The van der Waals surface area contributed by atoms with Crippen LogP contribution in [0, 0.1) is 5.41 Å². The molecule has 7 rings (SSSR count). The van der Waals surface area contributed by atoms with E-state index in [1.54, 1.807) is 25.4 Å². The van der Waals surface area contributed by atoms with Crippen LogP contribution in [0.4, 0.5) is 23.7 Å². The van der Waals surface area contributed by atoms with Crippen molar-refractivity contribution in [2.45, 2.75) is 82.1 Å². The Morgan fingerprint density at radius 3 is 2.41 bits per heavy atom. The van der Waals surface area contributed by atoms with E-state index in [1.807, 2.05) is 23.7 Å². The number of aromatic nitrogens is 3. The van der Waals surface area contributed by atoms with E-state index >= 15 is 0 Å². The average molecular weight is 608 g/mol. The second-order valence-electron chi connectivity index (χ2n) is 13.4. The number of nitrogens with zero attached hydrogens (tertiary/aromatic N) is 5. The fraction of sp³-hybridized carbons (Fsp3) is 0.469. The van der Waals surface area contributed by atoms with Crippen molar-refractivity contribution in [1.29, 1.82) is 0 Å². The molecule has 0 radical (unpaired) electrons. The monoisotopic (exact) mass is 607 g/mol. The van der Waals surface area contributed by atoms with Crippen molar-refractivity contribution in [2.24, 2.45) is 12.5 Å². The zero-order valence-corrected chi connectivity index (χ0v) is 24.4. The molecule has 1 aliphatic heterocycles. The number of carbonyl (C=O) groups is 3. The highest BCUT2D eigenvalue weighted by atomic mass is 19.4. The maximum Gasteiger partial charge on any atom is 0.416 e. The predicted octanol–water partition coefficient (Wildman–Crippen LogP) is 5.85. The highest BCUT2D eigenvalue weighted by Crippen LogP contribution is 2.66. The Kier molecular flexibility index (Phi) is 6.09. The molecule has 3 aliphatic carbocycles. The maximum atomic E-state index is 14.4. The van der Waals surface area contributed by atoms with Gasteiger partial charge >= 0.3 is 12.3 Å². The van der Waals surface area contributed by atoms with E-state index in [-0.39, 0.29) is 41.0 Å². The van der Waals surface area contributed by atoms with Crippen LogP contribution in [-0.2, 0) is 36.5 Å². The Balaban J connectivity index is 1.24. The number of alkyl halides is 3. The van der Waals surface area contributed by atoms with Crippen molar-refractivity contribution in [1.82, 2.24) is 19.7 Å². The van der Waals surface area contributed by atoms with Gasteiger partial charge in [0.1, 0.15) is 17.9 Å². The predicted molar refractivity (Wildman–Crippen MR) is 152 cm³/mol. The Bertz CT molecular complexity index is 1710. The number of carboxylic acid groups (broad SMARTS) is 1. The number of aryl methyl sites for hydroxylation is 1. The summed E-state index contributed by atoms with van der Waals surface area (Å²) < 4.78 is 45.0. The number of hydrogen-bond acceptors (Lipinski definition) is 5. The number of anilines is 1. The molecule has 3 aromatic rings. The van der Waals surface area contributed by atoms with Gasteiger partial charge in [-0.25, -0.2) is 4.79 Å². The summed E-state index contributed by atoms with van der Waals surface area (Å²) in [7, 11) is 1.85. The van der Waals surface area contributed by atoms with Gasteiger partial charge in [0.2, 0.25) is 0 Å². The van der Waals surface area contributed by atoms with Gasteiger partial charge in [-0.05, 0) is 85.4 Å². The summed E-state index contributed by atoms with van der Waals surface area (Å²) in [5.41, 5.74) is -0.932. The van der Waals surface area contributed by atoms with Gasteiger partial charge in [-0.15, -0.1) is 10.2 Å². The molecule has 3 fully saturated rings. The van der Waals surface area contributed by atoms with E-state index in [2.05, 4.69) is 10.2 Å². The summed E-state index contributed by atoms with van der Waals surface area (Å²) in [5, 5.41) is 18.3. The van der Waals surface area contributed by atoms with E-state index in [0.29, 0.717) is 44.2 Å². The molecule has 2 amide bonds. The highest BCUT2D eigenvalue weighted by Gasteiger charge is 2.63. The van der Waals surface area contributed by atoms with E-state index in [9.17, 15) is 32.7 Å². The maximum absolute atomic E-state index is 14.4. The summed E-state index contributed by atoms with van der Waals surface area (Å²) in [6.45, 7) is 1.29. The van der Waals surface area contributed by atoms with Gasteiger partial charge < -0.3 is 14.6 Å². The fourth-order valence-electron chi connectivity index (χ4n) is 8.09. The van der Waals surface area contributed by atoms with Gasteiger partial charge in [0.05, 0.1) is 17.5 Å². The first-order chi connectivity index (χ1) is 20.7. The average Bonchev–Trinajstić information content (AvgIpc) is 3.49. The number of Topliss-reactive ketones (excluding diaryl/α,β-unsaturated/α-hetero) is 1. The van der Waals surface area contributed by atoms with Gasteiger partial charge in [0.15, 0.2) is 0 Å². The number of hydrogen-bond donors (Lipinski definition) is 1. The Morgan fingerprint density at radius 1 is 1.11 bits per heavy atom. The van der Waals surface area contributed by atoms with Crippen molar-refractivity contribution >= 4 is 23.5 Å². The van der Waals surface area contributed by atoms with Crippen molar-refractivity contribution in [3.8, 4) is 0 Å². The molecule has 1 N–H and O–H groups in total. The van der Waals surface area contributed by atoms with Gasteiger partial charge in [-0.3, -0.25) is 14.5 Å². The number of rotatable bonds is 6. The van der Waals surface area contributed by atoms with Crippen molar-refractivity contribution in [2.75, 3.05) is 4.90 Å². The fourth-order valence-corrected chi connectivity index (χ4v) is 8.09. The van der Waals surface area contributed by atoms with Gasteiger partial charge in [-0.2, -0.15) is 13.2 Å². The summed E-state index contributed by atoms with van der Waals surface area (Å²) in [6.07, 6.45) is 0.217. The molecule has 2 aromatic carbocycles. The highest BCUT2D eigenvalue weighted by molar-refractivity contribution is 6.10. The molecule has 0 atom stereocenters. The first-order valence-electron chi connectivity index (χ1n) is 14.8. The third kappa shape index (κ3) is 4.24. The molecular weight excluding hydrogens is 575 g/mol. The van der Waals surface area contributed by atoms with Crippen LogP contribution in [0.25, 0.3) is 0 Å². The normalized spacial score (nSPS) is 21.0. The van der Waals surface area contributed by atoms with Crippen LogP contribution in [0.5, 0.6) is 0 Å². The van der Waals surface area contributed by atoms with E-state index in [0.717, 1.165) is 23.9 Å². The van der Waals surface area contributed by atoms with E-state index in [4.69, 9.17) is 0 Å². The summed E-state index contributed by atoms with van der Waals surface area (Å²) >= 11 is 0. The molecular formula is C32H32F3N5O4. The lowest BCUT2D eigenvalue weighted by Gasteiger charge is -2.59. The first kappa shape index (κ1) is 28.5. The lowest BCUT2D eigenvalue weighted by Crippen LogP contribution is -2.57. The molecule has 12 heteroatoms. The molecule has 230 valence electrons. The molecule has 3 saturated carbocycles. The SMILES string of the molecule is Cn1cnnc1C1(c2cccc(N3Cc4c(cc(CN(C(=O)O)C5(C)CCC5)cc4C(F)(F)F)C3=O)c2)CC2(CC(=O)C2)C1. The lowest BCUT2D eigenvalue weighted by atomic mass is 9.43. The minimum atomic E-state index is -4.73. The van der Waals surface area contributed by atoms with Crippen LogP contribution >= 0.6 is 0 Å². The Labute approximate surface area is 251 Å². The first-order valence-corrected chi connectivity index (χ1v) is 14.8. The third-order valence-electron chi connectivity index (χ3n) is 10.4. The Hall–Kier alpha value is -4.22. The number of amides is 2. The van der Waals surface area contributed by atoms with Crippen LogP contribution in [0.3, 0.4) is 0 Å². The molecule has 1 aromatic heterocycles. The second-order valence-corrected chi connectivity index (χ2v) is 13.4. The molecule has 9 nitrogen and oxygen atoms in total. The van der Waals surface area contributed by atoms with E-state index in [1.165, 1.54) is 15.9 Å². The number of carbonyl (C=O) groups excluding carboxylic acids is 2. The zero-order chi connectivity index (χ0) is 31.2. The van der Waals surface area contributed by atoms with Crippen molar-refractivity contribution in [3.05, 3.63) is 76.4 Å². The summed E-state index contributed by atoms with van der Waals surface area (Å²) in [6, 6.07) is 9.66. The summed E-state index contributed by atoms with van der Waals surface area (Å²) in [5.74, 6) is 0.408. The second kappa shape index (κ2) is 9.39. The quantitative estimate of drug-likeness (QED) is 0.377. The molecule has 0 saturated heterocycles. The molecule has 44 heavy (non-hydrogen) atoms. The number of ketones is 1. The van der Waals surface area contributed by atoms with Crippen LogP contribution in [0.15, 0.2) is 42.7 Å². The minimum absolute atomic E-state index is 0.0667. The molecule has 4 aliphatic rings. The molecule has 2 heterocycles. The lowest BCUT2D eigenvalue weighted by molar-refractivity contribution is -0.143. The number of fused-ring (bicyclic) bond motifs is 1. The minimum Gasteiger partial charge on any atom is -0.465 e. The topological polar surface area (TPSA) is 109 Å². The van der Waals surface area contributed by atoms with Crippen LogP contribution in [0.1, 0.15) is 90.3 Å².